The number of amides is 2. The minimum atomic E-state index is -0.849. The summed E-state index contributed by atoms with van der Waals surface area (Å²) in [6.45, 7) is 0.175. The minimum Gasteiger partial charge on any atom is -0.493 e. The number of nitrogens with one attached hydrogen (secondary N) is 1. The van der Waals surface area contributed by atoms with Crippen LogP contribution in [0.2, 0.25) is 0 Å². The van der Waals surface area contributed by atoms with Gasteiger partial charge in [-0.15, -0.1) is 11.3 Å². The molecular formula is C26H30N2O5S. The molecule has 3 aromatic rings. The number of carbonyl (C=O) groups excluding carboxylic acids is 2. The molecule has 1 aromatic carbocycles. The maximum atomic E-state index is 13.7. The fraction of sp³-hybridized carbons (Fsp3) is 0.385. The van der Waals surface area contributed by atoms with Crippen molar-refractivity contribution in [3.05, 3.63) is 70.3 Å². The predicted molar refractivity (Wildman–Crippen MR) is 130 cm³/mol. The molecule has 1 fully saturated rings. The monoisotopic (exact) mass is 482 g/mol. The molecular weight excluding hydrogens is 452 g/mol. The van der Waals surface area contributed by atoms with Gasteiger partial charge in [-0.2, -0.15) is 0 Å². The molecule has 2 aromatic heterocycles. The van der Waals surface area contributed by atoms with Gasteiger partial charge in [0, 0.05) is 10.9 Å². The highest BCUT2D eigenvalue weighted by Crippen LogP contribution is 2.34. The van der Waals surface area contributed by atoms with Gasteiger partial charge < -0.3 is 24.1 Å². The number of hydrogen-bond donors (Lipinski definition) is 1. The van der Waals surface area contributed by atoms with Crippen molar-refractivity contribution in [3.63, 3.8) is 0 Å². The van der Waals surface area contributed by atoms with E-state index in [1.54, 1.807) is 43.6 Å². The Morgan fingerprint density at radius 3 is 2.56 bits per heavy atom. The van der Waals surface area contributed by atoms with E-state index in [4.69, 9.17) is 13.9 Å². The van der Waals surface area contributed by atoms with Gasteiger partial charge in [0.25, 0.3) is 0 Å². The van der Waals surface area contributed by atoms with Crippen LogP contribution in [0.5, 0.6) is 11.5 Å². The van der Waals surface area contributed by atoms with E-state index in [0.717, 1.165) is 30.6 Å². The van der Waals surface area contributed by atoms with Gasteiger partial charge in [0.1, 0.15) is 11.8 Å². The fourth-order valence-electron chi connectivity index (χ4n) is 4.40. The van der Waals surface area contributed by atoms with Gasteiger partial charge in [0.15, 0.2) is 11.5 Å². The maximum absolute atomic E-state index is 13.7. The zero-order chi connectivity index (χ0) is 23.9. The van der Waals surface area contributed by atoms with Crippen LogP contribution in [0.15, 0.2) is 58.5 Å². The number of rotatable bonds is 10. The highest BCUT2D eigenvalue weighted by molar-refractivity contribution is 7.10. The number of furan rings is 1. The highest BCUT2D eigenvalue weighted by atomic mass is 32.1. The number of methoxy groups -OCH3 is 2. The number of benzene rings is 1. The van der Waals surface area contributed by atoms with Crippen molar-refractivity contribution in [1.82, 2.24) is 10.2 Å². The second-order valence-electron chi connectivity index (χ2n) is 8.36. The van der Waals surface area contributed by atoms with E-state index in [1.165, 1.54) is 11.3 Å². The van der Waals surface area contributed by atoms with Crippen molar-refractivity contribution < 1.29 is 23.5 Å². The van der Waals surface area contributed by atoms with E-state index in [1.807, 2.05) is 29.6 Å². The molecule has 0 bridgehead atoms. The summed E-state index contributed by atoms with van der Waals surface area (Å²) in [5, 5.41) is 5.13. The van der Waals surface area contributed by atoms with Gasteiger partial charge in [-0.05, 0) is 54.1 Å². The molecule has 4 rings (SSSR count). The van der Waals surface area contributed by atoms with Crippen LogP contribution in [0, 0.1) is 0 Å². The number of carbonyl (C=O) groups is 2. The molecule has 2 heterocycles. The first kappa shape index (κ1) is 23.9. The molecule has 0 unspecified atom stereocenters. The van der Waals surface area contributed by atoms with Gasteiger partial charge >= 0.3 is 0 Å². The molecule has 0 spiro atoms. The Kier molecular flexibility index (Phi) is 7.90. The summed E-state index contributed by atoms with van der Waals surface area (Å²) < 4.78 is 16.4. The molecule has 1 aliphatic carbocycles. The number of thiophene rings is 1. The molecule has 34 heavy (non-hydrogen) atoms. The molecule has 8 heteroatoms. The van der Waals surface area contributed by atoms with Crippen molar-refractivity contribution >= 4 is 23.2 Å². The van der Waals surface area contributed by atoms with Gasteiger partial charge in [0.05, 0.1) is 33.4 Å². The van der Waals surface area contributed by atoms with Crippen LogP contribution >= 0.6 is 11.3 Å². The topological polar surface area (TPSA) is 81.0 Å². The molecule has 1 aliphatic rings. The number of hydrogen-bond acceptors (Lipinski definition) is 6. The van der Waals surface area contributed by atoms with E-state index in [2.05, 4.69) is 5.32 Å². The first-order valence-electron chi connectivity index (χ1n) is 11.5. The first-order valence-corrected chi connectivity index (χ1v) is 12.3. The van der Waals surface area contributed by atoms with Gasteiger partial charge in [0.2, 0.25) is 11.8 Å². The molecule has 7 nitrogen and oxygen atoms in total. The lowest BCUT2D eigenvalue weighted by Crippen LogP contribution is -2.46. The normalized spacial score (nSPS) is 14.5. The highest BCUT2D eigenvalue weighted by Gasteiger charge is 2.34. The average molecular weight is 483 g/mol. The second-order valence-corrected chi connectivity index (χ2v) is 9.40. The Morgan fingerprint density at radius 1 is 1.12 bits per heavy atom. The van der Waals surface area contributed by atoms with Crippen LogP contribution in [-0.2, 0) is 22.6 Å². The molecule has 1 atom stereocenters. The van der Waals surface area contributed by atoms with E-state index in [9.17, 15) is 9.59 Å². The SMILES string of the molecule is COc1ccc([C@H](C(=O)NC2CCCC2)N(Cc2ccco2)C(=O)Cc2cccs2)cc1OC. The fourth-order valence-corrected chi connectivity index (χ4v) is 5.10. The van der Waals surface area contributed by atoms with Crippen LogP contribution in [0.25, 0.3) is 0 Å². The molecule has 0 aliphatic heterocycles. The van der Waals surface area contributed by atoms with E-state index in [-0.39, 0.29) is 30.8 Å². The largest absolute Gasteiger partial charge is 0.493 e. The summed E-state index contributed by atoms with van der Waals surface area (Å²) in [7, 11) is 3.12. The second kappa shape index (κ2) is 11.2. The number of ether oxygens (including phenoxy) is 2. The smallest absolute Gasteiger partial charge is 0.247 e. The third-order valence-electron chi connectivity index (χ3n) is 6.12. The van der Waals surface area contributed by atoms with E-state index < -0.39 is 6.04 Å². The molecule has 0 radical (unpaired) electrons. The van der Waals surface area contributed by atoms with Crippen molar-refractivity contribution in [3.8, 4) is 11.5 Å². The molecule has 0 saturated heterocycles. The summed E-state index contributed by atoms with van der Waals surface area (Å²) in [5.41, 5.74) is 0.652. The Morgan fingerprint density at radius 2 is 1.91 bits per heavy atom. The van der Waals surface area contributed by atoms with Gasteiger partial charge in [-0.25, -0.2) is 0 Å². The van der Waals surface area contributed by atoms with E-state index >= 15 is 0 Å². The Labute approximate surface area is 203 Å². The van der Waals surface area contributed by atoms with Crippen molar-refractivity contribution in [2.45, 2.75) is 50.7 Å². The van der Waals surface area contributed by atoms with Crippen molar-refractivity contribution in [2.75, 3.05) is 14.2 Å². The van der Waals surface area contributed by atoms with E-state index in [0.29, 0.717) is 22.8 Å². The standard InChI is InChI=1S/C26H30N2O5S/c1-31-22-12-11-18(15-23(22)32-2)25(26(30)27-19-7-3-4-8-19)28(17-20-9-5-13-33-20)24(29)16-21-10-6-14-34-21/h5-6,9-15,19,25H,3-4,7-8,16-17H2,1-2H3,(H,27,30)/t25-/m1/s1. The van der Waals surface area contributed by atoms with Crippen LogP contribution in [0.4, 0.5) is 0 Å². The maximum Gasteiger partial charge on any atom is 0.247 e. The quantitative estimate of drug-likeness (QED) is 0.452. The van der Waals surface area contributed by atoms with Crippen molar-refractivity contribution in [1.29, 1.82) is 0 Å². The molecule has 1 N–H and O–H groups in total. The summed E-state index contributed by atoms with van der Waals surface area (Å²) in [5.74, 6) is 1.31. The lowest BCUT2D eigenvalue weighted by atomic mass is 10.0. The summed E-state index contributed by atoms with van der Waals surface area (Å²) in [6.07, 6.45) is 5.87. The van der Waals surface area contributed by atoms with Crippen LogP contribution in [0.3, 0.4) is 0 Å². The summed E-state index contributed by atoms with van der Waals surface area (Å²) in [4.78, 5) is 29.9. The Hall–Kier alpha value is -3.26. The third-order valence-corrected chi connectivity index (χ3v) is 6.99. The van der Waals surface area contributed by atoms with Crippen LogP contribution < -0.4 is 14.8 Å². The zero-order valence-corrected chi connectivity index (χ0v) is 20.3. The van der Waals surface area contributed by atoms with Crippen LogP contribution in [0.1, 0.15) is 47.9 Å². The van der Waals surface area contributed by atoms with Gasteiger partial charge in [-0.1, -0.05) is 25.0 Å². The molecule has 2 amide bonds. The van der Waals surface area contributed by atoms with Crippen molar-refractivity contribution in [2.24, 2.45) is 0 Å². The zero-order valence-electron chi connectivity index (χ0n) is 19.5. The first-order chi connectivity index (χ1) is 16.6. The predicted octanol–water partition coefficient (Wildman–Crippen LogP) is 4.73. The van der Waals surface area contributed by atoms with Crippen LogP contribution in [-0.4, -0.2) is 37.0 Å². The Bertz CT molecular complexity index is 1070. The molecule has 1 saturated carbocycles. The summed E-state index contributed by atoms with van der Waals surface area (Å²) >= 11 is 1.52. The third kappa shape index (κ3) is 5.62. The Balaban J connectivity index is 1.72. The number of nitrogens with zero attached hydrogens (tertiary/aromatic N) is 1. The summed E-state index contributed by atoms with van der Waals surface area (Å²) in [6, 6.07) is 12.1. The lowest BCUT2D eigenvalue weighted by Gasteiger charge is -2.32. The molecule has 180 valence electrons. The minimum absolute atomic E-state index is 0.119. The average Bonchev–Trinajstić information content (AvgIpc) is 3.63. The van der Waals surface area contributed by atoms with Gasteiger partial charge in [-0.3, -0.25) is 9.59 Å². The lowest BCUT2D eigenvalue weighted by molar-refractivity contribution is -0.141.